The molecule has 14 heavy (non-hydrogen) atoms. The van der Waals surface area contributed by atoms with Crippen LogP contribution in [0.2, 0.25) is 0 Å². The molecule has 0 aromatic heterocycles. The molecule has 0 bridgehead atoms. The summed E-state index contributed by atoms with van der Waals surface area (Å²) in [5.74, 6) is -0.338. The molecule has 0 spiro atoms. The summed E-state index contributed by atoms with van der Waals surface area (Å²) in [4.78, 5) is 10.7. The molecule has 1 aromatic carbocycles. The molecule has 1 aromatic rings. The normalized spacial score (nSPS) is 12.5. The summed E-state index contributed by atoms with van der Waals surface area (Å²) in [6, 6.07) is 6.20. The Morgan fingerprint density at radius 1 is 1.36 bits per heavy atom. The molecule has 0 heterocycles. The van der Waals surface area contributed by atoms with Gasteiger partial charge in [-0.15, -0.1) is 0 Å². The van der Waals surface area contributed by atoms with Crippen LogP contribution < -0.4 is 5.73 Å². The third-order valence-corrected chi connectivity index (χ3v) is 2.16. The van der Waals surface area contributed by atoms with Gasteiger partial charge in [0.1, 0.15) is 0 Å². The average molecular weight is 190 g/mol. The molecule has 0 saturated carbocycles. The second-order valence-corrected chi connectivity index (χ2v) is 3.79. The van der Waals surface area contributed by atoms with Crippen LogP contribution in [0.15, 0.2) is 18.2 Å². The second-order valence-electron chi connectivity index (χ2n) is 3.79. The zero-order chi connectivity index (χ0) is 10.7. The summed E-state index contributed by atoms with van der Waals surface area (Å²) in [5, 5.41) is 0. The lowest BCUT2D eigenvalue weighted by atomic mass is 9.94. The number of carbonyl (C=O) groups excluding carboxylic acids is 1. The Labute approximate surface area is 85.1 Å². The molecule has 1 amide bonds. The van der Waals surface area contributed by atoms with E-state index in [0.29, 0.717) is 6.42 Å². The standard InChI is InChI=1S/C12H16NO/c1-8-4-9(2)6-11(5-8)10(3)7-12(13)14/h4-6,10H,3,7H2,1-2H3,(H2,13,14). The minimum absolute atomic E-state index is 0.0360. The summed E-state index contributed by atoms with van der Waals surface area (Å²) in [5.41, 5.74) is 8.60. The summed E-state index contributed by atoms with van der Waals surface area (Å²) in [6.45, 7) is 8.00. The Morgan fingerprint density at radius 2 is 1.86 bits per heavy atom. The van der Waals surface area contributed by atoms with Gasteiger partial charge in [0.05, 0.1) is 0 Å². The van der Waals surface area contributed by atoms with E-state index in [1.165, 1.54) is 11.1 Å². The van der Waals surface area contributed by atoms with Crippen LogP contribution >= 0.6 is 0 Å². The average Bonchev–Trinajstić information content (AvgIpc) is 2.00. The number of hydrogen-bond donors (Lipinski definition) is 1. The third kappa shape index (κ3) is 2.87. The molecule has 1 unspecified atom stereocenters. The predicted octanol–water partition coefficient (Wildman–Crippen LogP) is 2.10. The van der Waals surface area contributed by atoms with Gasteiger partial charge in [0.2, 0.25) is 5.91 Å². The molecular weight excluding hydrogens is 174 g/mol. The molecule has 1 atom stereocenters. The van der Waals surface area contributed by atoms with Gasteiger partial charge in [-0.25, -0.2) is 0 Å². The van der Waals surface area contributed by atoms with E-state index >= 15 is 0 Å². The first-order valence-electron chi connectivity index (χ1n) is 4.68. The maximum atomic E-state index is 10.7. The Bertz CT molecular complexity index is 324. The molecular formula is C12H16NO. The van der Waals surface area contributed by atoms with Crippen molar-refractivity contribution in [1.29, 1.82) is 0 Å². The smallest absolute Gasteiger partial charge is 0.218 e. The van der Waals surface area contributed by atoms with Gasteiger partial charge in [-0.2, -0.15) is 0 Å². The minimum atomic E-state index is -0.302. The van der Waals surface area contributed by atoms with Crippen LogP contribution in [-0.4, -0.2) is 5.91 Å². The lowest BCUT2D eigenvalue weighted by molar-refractivity contribution is -0.118. The topological polar surface area (TPSA) is 43.1 Å². The molecule has 0 aliphatic heterocycles. The Kier molecular flexibility index (Phi) is 3.28. The molecule has 1 radical (unpaired) electrons. The monoisotopic (exact) mass is 190 g/mol. The molecule has 1 rings (SSSR count). The van der Waals surface area contributed by atoms with E-state index in [-0.39, 0.29) is 11.8 Å². The van der Waals surface area contributed by atoms with Gasteiger partial charge in [-0.3, -0.25) is 4.79 Å². The fourth-order valence-electron chi connectivity index (χ4n) is 1.61. The second kappa shape index (κ2) is 4.27. The summed E-state index contributed by atoms with van der Waals surface area (Å²) >= 11 is 0. The van der Waals surface area contributed by atoms with E-state index in [4.69, 9.17) is 5.73 Å². The van der Waals surface area contributed by atoms with Gasteiger partial charge < -0.3 is 5.73 Å². The fourth-order valence-corrected chi connectivity index (χ4v) is 1.61. The van der Waals surface area contributed by atoms with Crippen LogP contribution in [-0.2, 0) is 4.79 Å². The number of nitrogens with two attached hydrogens (primary N) is 1. The minimum Gasteiger partial charge on any atom is -0.370 e. The van der Waals surface area contributed by atoms with Crippen molar-refractivity contribution >= 4 is 5.91 Å². The summed E-state index contributed by atoms with van der Waals surface area (Å²) < 4.78 is 0. The van der Waals surface area contributed by atoms with Gasteiger partial charge in [0, 0.05) is 6.42 Å². The number of primary amides is 1. The number of hydrogen-bond acceptors (Lipinski definition) is 1. The zero-order valence-electron chi connectivity index (χ0n) is 8.71. The number of aryl methyl sites for hydroxylation is 2. The van der Waals surface area contributed by atoms with E-state index in [1.54, 1.807) is 0 Å². The maximum Gasteiger partial charge on any atom is 0.218 e. The summed E-state index contributed by atoms with van der Waals surface area (Å²) in [6.07, 6.45) is 0.308. The summed E-state index contributed by atoms with van der Waals surface area (Å²) in [7, 11) is 0. The zero-order valence-corrected chi connectivity index (χ0v) is 8.71. The van der Waals surface area contributed by atoms with E-state index in [2.05, 4.69) is 13.0 Å². The number of rotatable bonds is 3. The molecule has 75 valence electrons. The Hall–Kier alpha value is -1.31. The molecule has 0 aliphatic carbocycles. The van der Waals surface area contributed by atoms with E-state index < -0.39 is 0 Å². The third-order valence-electron chi connectivity index (χ3n) is 2.16. The molecule has 2 nitrogen and oxygen atoms in total. The van der Waals surface area contributed by atoms with Crippen LogP contribution in [0.5, 0.6) is 0 Å². The maximum absolute atomic E-state index is 10.7. The fraction of sp³-hybridized carbons (Fsp3) is 0.333. The van der Waals surface area contributed by atoms with Crippen molar-refractivity contribution in [2.45, 2.75) is 26.2 Å². The Balaban J connectivity index is 2.89. The Morgan fingerprint density at radius 3 is 2.29 bits per heavy atom. The van der Waals surface area contributed by atoms with Gasteiger partial charge in [0.15, 0.2) is 0 Å². The molecule has 0 aliphatic rings. The van der Waals surface area contributed by atoms with Crippen LogP contribution in [0.4, 0.5) is 0 Å². The predicted molar refractivity (Wildman–Crippen MR) is 57.8 cm³/mol. The lowest BCUT2D eigenvalue weighted by Gasteiger charge is -2.11. The van der Waals surface area contributed by atoms with Crippen LogP contribution in [0.25, 0.3) is 0 Å². The molecule has 0 saturated heterocycles. The van der Waals surface area contributed by atoms with Crippen molar-refractivity contribution in [2.24, 2.45) is 5.73 Å². The van der Waals surface area contributed by atoms with E-state index in [1.807, 2.05) is 26.0 Å². The number of carbonyl (C=O) groups is 1. The van der Waals surface area contributed by atoms with Crippen LogP contribution in [0.3, 0.4) is 0 Å². The molecule has 0 fully saturated rings. The number of benzene rings is 1. The van der Waals surface area contributed by atoms with Gasteiger partial charge in [-0.1, -0.05) is 29.3 Å². The SMILES string of the molecule is [CH2]C(CC(N)=O)c1cc(C)cc(C)c1. The van der Waals surface area contributed by atoms with Crippen LogP contribution in [0.1, 0.15) is 29.0 Å². The van der Waals surface area contributed by atoms with Gasteiger partial charge in [0.25, 0.3) is 0 Å². The van der Waals surface area contributed by atoms with Crippen molar-refractivity contribution < 1.29 is 4.79 Å². The molecule has 2 heteroatoms. The molecule has 2 N–H and O–H groups in total. The lowest BCUT2D eigenvalue weighted by Crippen LogP contribution is -2.14. The van der Waals surface area contributed by atoms with Crippen molar-refractivity contribution in [2.75, 3.05) is 0 Å². The van der Waals surface area contributed by atoms with E-state index in [0.717, 1.165) is 5.56 Å². The van der Waals surface area contributed by atoms with Crippen molar-refractivity contribution in [1.82, 2.24) is 0 Å². The van der Waals surface area contributed by atoms with Gasteiger partial charge >= 0.3 is 0 Å². The highest BCUT2D eigenvalue weighted by Crippen LogP contribution is 2.20. The highest BCUT2D eigenvalue weighted by atomic mass is 16.1. The van der Waals surface area contributed by atoms with E-state index in [9.17, 15) is 4.79 Å². The first-order chi connectivity index (χ1) is 6.49. The van der Waals surface area contributed by atoms with Crippen molar-refractivity contribution in [3.05, 3.63) is 41.8 Å². The first kappa shape index (κ1) is 10.8. The largest absolute Gasteiger partial charge is 0.370 e. The quantitative estimate of drug-likeness (QED) is 0.779. The number of amides is 1. The van der Waals surface area contributed by atoms with Gasteiger partial charge in [-0.05, 0) is 32.3 Å². The van der Waals surface area contributed by atoms with Crippen molar-refractivity contribution in [3.8, 4) is 0 Å². The highest BCUT2D eigenvalue weighted by molar-refractivity contribution is 5.74. The highest BCUT2D eigenvalue weighted by Gasteiger charge is 2.09. The van der Waals surface area contributed by atoms with Crippen molar-refractivity contribution in [3.63, 3.8) is 0 Å². The van der Waals surface area contributed by atoms with Crippen LogP contribution in [0, 0.1) is 20.8 Å². The first-order valence-corrected chi connectivity index (χ1v) is 4.68.